The van der Waals surface area contributed by atoms with E-state index in [0.29, 0.717) is 5.82 Å². The van der Waals surface area contributed by atoms with Crippen LogP contribution in [-0.4, -0.2) is 28.0 Å². The molecule has 10 heteroatoms. The molecule has 2 N–H and O–H groups in total. The Morgan fingerprint density at radius 1 is 0.935 bits per heavy atom. The lowest BCUT2D eigenvalue weighted by Crippen LogP contribution is -2.29. The van der Waals surface area contributed by atoms with E-state index in [2.05, 4.69) is 30.5 Å². The number of aromatic nitrogens is 3. The fourth-order valence-electron chi connectivity index (χ4n) is 3.34. The number of anilines is 5. The van der Waals surface area contributed by atoms with Crippen molar-refractivity contribution in [2.75, 3.05) is 28.6 Å². The second kappa shape index (κ2) is 8.97. The molecule has 1 aliphatic rings. The van der Waals surface area contributed by atoms with Crippen LogP contribution in [-0.2, 0) is 6.18 Å². The zero-order valence-electron chi connectivity index (χ0n) is 16.5. The van der Waals surface area contributed by atoms with E-state index in [1.54, 1.807) is 6.20 Å². The van der Waals surface area contributed by atoms with Gasteiger partial charge in [0.05, 0.1) is 23.6 Å². The molecule has 0 aliphatic carbocycles. The normalized spacial score (nSPS) is 14.4. The van der Waals surface area contributed by atoms with Gasteiger partial charge in [-0.15, -0.1) is 0 Å². The minimum Gasteiger partial charge on any atom is -0.370 e. The molecule has 2 aromatic heterocycles. The van der Waals surface area contributed by atoms with Crippen LogP contribution < -0.4 is 15.5 Å². The minimum absolute atomic E-state index is 0.177. The number of alkyl halides is 3. The van der Waals surface area contributed by atoms with E-state index < -0.39 is 11.7 Å². The molecule has 1 aromatic carbocycles. The summed E-state index contributed by atoms with van der Waals surface area (Å²) in [5, 5.41) is 5.98. The summed E-state index contributed by atoms with van der Waals surface area (Å²) in [5.41, 5.74) is 0.513. The van der Waals surface area contributed by atoms with E-state index in [4.69, 9.17) is 11.6 Å². The number of halogens is 4. The molecule has 162 valence electrons. The van der Waals surface area contributed by atoms with Crippen molar-refractivity contribution in [1.82, 2.24) is 15.0 Å². The van der Waals surface area contributed by atoms with Crippen molar-refractivity contribution in [3.63, 3.8) is 0 Å². The predicted octanol–water partition coefficient (Wildman–Crippen LogP) is 6.02. The Morgan fingerprint density at radius 2 is 1.74 bits per heavy atom. The summed E-state index contributed by atoms with van der Waals surface area (Å²) < 4.78 is 38.8. The number of rotatable bonds is 5. The maximum atomic E-state index is 12.9. The highest BCUT2D eigenvalue weighted by molar-refractivity contribution is 6.32. The van der Waals surface area contributed by atoms with Crippen LogP contribution >= 0.6 is 11.6 Å². The lowest BCUT2D eigenvalue weighted by Gasteiger charge is -2.28. The molecule has 0 spiro atoms. The number of benzene rings is 1. The summed E-state index contributed by atoms with van der Waals surface area (Å²) in [5.74, 6) is 0.952. The van der Waals surface area contributed by atoms with Gasteiger partial charge in [0.1, 0.15) is 10.8 Å². The fraction of sp³-hybridized carbons (Fsp3) is 0.286. The van der Waals surface area contributed by atoms with Crippen molar-refractivity contribution in [2.24, 2.45) is 0 Å². The van der Waals surface area contributed by atoms with Gasteiger partial charge in [-0.05, 0) is 49.6 Å². The highest BCUT2D eigenvalue weighted by Crippen LogP contribution is 2.32. The second-order valence-corrected chi connectivity index (χ2v) is 7.58. The largest absolute Gasteiger partial charge is 0.416 e. The van der Waals surface area contributed by atoms with Crippen LogP contribution in [0.2, 0.25) is 5.02 Å². The van der Waals surface area contributed by atoms with Gasteiger partial charge in [0, 0.05) is 18.8 Å². The van der Waals surface area contributed by atoms with Gasteiger partial charge in [-0.1, -0.05) is 17.7 Å². The average molecular weight is 449 g/mol. The molecule has 0 bridgehead atoms. The van der Waals surface area contributed by atoms with Crippen LogP contribution in [0.25, 0.3) is 0 Å². The van der Waals surface area contributed by atoms with Crippen molar-refractivity contribution >= 4 is 40.6 Å². The molecule has 1 aliphatic heterocycles. The Morgan fingerprint density at radius 3 is 2.45 bits per heavy atom. The maximum Gasteiger partial charge on any atom is 0.416 e. The molecular weight excluding hydrogens is 429 g/mol. The molecule has 6 nitrogen and oxygen atoms in total. The number of piperidine rings is 1. The van der Waals surface area contributed by atoms with Gasteiger partial charge < -0.3 is 15.5 Å². The zero-order valence-corrected chi connectivity index (χ0v) is 17.2. The Balaban J connectivity index is 1.48. The standard InChI is InChI=1S/C21H20ClF3N6/c22-17-13-27-20(29-18-8-7-16(12-26-18)31-9-2-1-3-10-31)30-19(17)28-15-6-4-5-14(11-15)21(23,24)25/h4-8,11-13H,1-3,9-10H2,(H2,26,27,28,29,30). The Hall–Kier alpha value is -3.07. The summed E-state index contributed by atoms with van der Waals surface area (Å²) in [7, 11) is 0. The number of hydrogen-bond acceptors (Lipinski definition) is 6. The fourth-order valence-corrected chi connectivity index (χ4v) is 3.48. The van der Waals surface area contributed by atoms with Crippen molar-refractivity contribution in [3.8, 4) is 0 Å². The summed E-state index contributed by atoms with van der Waals surface area (Å²) >= 11 is 6.13. The highest BCUT2D eigenvalue weighted by Gasteiger charge is 2.30. The maximum absolute atomic E-state index is 12.9. The molecule has 0 radical (unpaired) electrons. The van der Waals surface area contributed by atoms with Crippen LogP contribution in [0, 0.1) is 0 Å². The third-order valence-electron chi connectivity index (χ3n) is 4.91. The first-order valence-electron chi connectivity index (χ1n) is 9.83. The van der Waals surface area contributed by atoms with Crippen molar-refractivity contribution in [2.45, 2.75) is 25.4 Å². The first-order chi connectivity index (χ1) is 14.9. The predicted molar refractivity (Wildman–Crippen MR) is 115 cm³/mol. The van der Waals surface area contributed by atoms with Gasteiger partial charge in [-0.25, -0.2) is 9.97 Å². The van der Waals surface area contributed by atoms with Gasteiger partial charge in [-0.3, -0.25) is 0 Å². The first-order valence-corrected chi connectivity index (χ1v) is 10.2. The zero-order chi connectivity index (χ0) is 21.8. The van der Waals surface area contributed by atoms with E-state index in [-0.39, 0.29) is 22.5 Å². The Labute approximate surface area is 182 Å². The molecular formula is C21H20ClF3N6. The smallest absolute Gasteiger partial charge is 0.370 e. The molecule has 3 heterocycles. The minimum atomic E-state index is -4.44. The molecule has 1 saturated heterocycles. The molecule has 0 atom stereocenters. The van der Waals surface area contributed by atoms with Crippen LogP contribution in [0.3, 0.4) is 0 Å². The van der Waals surface area contributed by atoms with E-state index in [1.165, 1.54) is 37.6 Å². The quantitative estimate of drug-likeness (QED) is 0.497. The molecule has 31 heavy (non-hydrogen) atoms. The van der Waals surface area contributed by atoms with E-state index >= 15 is 0 Å². The van der Waals surface area contributed by atoms with Crippen molar-refractivity contribution < 1.29 is 13.2 Å². The van der Waals surface area contributed by atoms with E-state index in [0.717, 1.165) is 30.9 Å². The molecule has 0 unspecified atom stereocenters. The number of pyridine rings is 1. The van der Waals surface area contributed by atoms with Gasteiger partial charge >= 0.3 is 6.18 Å². The van der Waals surface area contributed by atoms with Gasteiger partial charge in [0.15, 0.2) is 5.82 Å². The summed E-state index contributed by atoms with van der Waals surface area (Å²) in [6.45, 7) is 2.05. The van der Waals surface area contributed by atoms with Crippen LogP contribution in [0.1, 0.15) is 24.8 Å². The lowest BCUT2D eigenvalue weighted by atomic mass is 10.1. The van der Waals surface area contributed by atoms with Gasteiger partial charge in [0.25, 0.3) is 0 Å². The third-order valence-corrected chi connectivity index (χ3v) is 5.18. The number of hydrogen-bond donors (Lipinski definition) is 2. The molecule has 0 saturated carbocycles. The highest BCUT2D eigenvalue weighted by atomic mass is 35.5. The van der Waals surface area contributed by atoms with E-state index in [9.17, 15) is 13.2 Å². The van der Waals surface area contributed by atoms with E-state index in [1.807, 2.05) is 12.1 Å². The molecule has 4 rings (SSSR count). The van der Waals surface area contributed by atoms with Crippen molar-refractivity contribution in [1.29, 1.82) is 0 Å². The molecule has 3 aromatic rings. The SMILES string of the molecule is FC(F)(F)c1cccc(Nc2nc(Nc3ccc(N4CCCCC4)cn3)ncc2Cl)c1. The summed E-state index contributed by atoms with van der Waals surface area (Å²) in [4.78, 5) is 15.1. The molecule has 1 fully saturated rings. The average Bonchev–Trinajstić information content (AvgIpc) is 2.77. The van der Waals surface area contributed by atoms with Crippen LogP contribution in [0.15, 0.2) is 48.8 Å². The number of nitrogens with one attached hydrogen (secondary N) is 2. The van der Waals surface area contributed by atoms with Crippen molar-refractivity contribution in [3.05, 3.63) is 59.4 Å². The van der Waals surface area contributed by atoms with Gasteiger partial charge in [-0.2, -0.15) is 18.2 Å². The lowest BCUT2D eigenvalue weighted by molar-refractivity contribution is -0.137. The monoisotopic (exact) mass is 448 g/mol. The number of nitrogens with zero attached hydrogens (tertiary/aromatic N) is 4. The Kier molecular flexibility index (Phi) is 6.13. The van der Waals surface area contributed by atoms with Crippen LogP contribution in [0.5, 0.6) is 0 Å². The van der Waals surface area contributed by atoms with Crippen LogP contribution in [0.4, 0.5) is 42.1 Å². The Bertz CT molecular complexity index is 1040. The first kappa shape index (κ1) is 21.2. The summed E-state index contributed by atoms with van der Waals surface area (Å²) in [6.07, 6.45) is 2.35. The summed E-state index contributed by atoms with van der Waals surface area (Å²) in [6, 6.07) is 8.63. The van der Waals surface area contributed by atoms with Gasteiger partial charge in [0.2, 0.25) is 5.95 Å². The molecule has 0 amide bonds. The third kappa shape index (κ3) is 5.35. The second-order valence-electron chi connectivity index (χ2n) is 7.17. The topological polar surface area (TPSA) is 66.0 Å².